The smallest absolute Gasteiger partial charge is 0.870 e. The predicted molar refractivity (Wildman–Crippen MR) is 35.2 cm³/mol. The van der Waals surface area contributed by atoms with Crippen LogP contribution >= 0.6 is 0 Å². The molecular weight excluding hydrogens is 168 g/mol. The Morgan fingerprint density at radius 1 is 1.10 bits per heavy atom. The van der Waals surface area contributed by atoms with Gasteiger partial charge in [0.2, 0.25) is 0 Å². The van der Waals surface area contributed by atoms with E-state index in [9.17, 15) is 0 Å². The van der Waals surface area contributed by atoms with Gasteiger partial charge in [-0.25, -0.2) is 0 Å². The van der Waals surface area contributed by atoms with Crippen LogP contribution < -0.4 is 0 Å². The van der Waals surface area contributed by atoms with Gasteiger partial charge in [0.15, 0.2) is 0 Å². The van der Waals surface area contributed by atoms with Crippen molar-refractivity contribution in [1.29, 1.82) is 0 Å². The molecule has 3 nitrogen and oxygen atoms in total. The first-order valence-electron chi connectivity index (χ1n) is 2.56. The Hall–Kier alpha value is 0.594. The van der Waals surface area contributed by atoms with E-state index in [4.69, 9.17) is 0 Å². The third-order valence-electron chi connectivity index (χ3n) is 0.781. The normalized spacial score (nSPS) is 6.00. The number of rotatable bonds is 2. The molecule has 4 heteroatoms. The molecule has 0 fully saturated rings. The fourth-order valence-electron chi connectivity index (χ4n) is 0.408. The molecule has 0 spiro atoms. The molecule has 0 saturated carbocycles. The van der Waals surface area contributed by atoms with Gasteiger partial charge in [-0.1, -0.05) is 20.3 Å². The van der Waals surface area contributed by atoms with Crippen LogP contribution in [0.3, 0.4) is 0 Å². The van der Waals surface area contributed by atoms with Crippen molar-refractivity contribution in [3.8, 4) is 0 Å². The van der Waals surface area contributed by atoms with Crippen molar-refractivity contribution in [2.24, 2.45) is 5.92 Å². The van der Waals surface area contributed by atoms with Gasteiger partial charge in [-0.15, -0.1) is 0 Å². The average molecular weight is 184 g/mol. The molecule has 62 valence electrons. The Morgan fingerprint density at radius 3 is 1.40 bits per heavy atom. The van der Waals surface area contributed by atoms with Crippen LogP contribution in [-0.4, -0.2) is 16.4 Å². The maximum atomic E-state index is 3.73. The second-order valence-corrected chi connectivity index (χ2v) is 2.04. The van der Waals surface area contributed by atoms with E-state index >= 15 is 0 Å². The van der Waals surface area contributed by atoms with Gasteiger partial charge in [0.25, 0.3) is 0 Å². The quantitative estimate of drug-likeness (QED) is 0.483. The van der Waals surface area contributed by atoms with Crippen molar-refractivity contribution in [1.82, 2.24) is 0 Å². The van der Waals surface area contributed by atoms with Gasteiger partial charge in [-0.05, 0) is 5.92 Å². The van der Waals surface area contributed by atoms with E-state index in [0.29, 0.717) is 0 Å². The number of hydrogen-bond acceptors (Lipinski definition) is 3. The summed E-state index contributed by atoms with van der Waals surface area (Å²) in [6.07, 6.45) is 2.34. The summed E-state index contributed by atoms with van der Waals surface area (Å²) in [6, 6.07) is 0. The van der Waals surface area contributed by atoms with E-state index in [1.807, 2.05) is 0 Å². The molecule has 0 aliphatic rings. The van der Waals surface area contributed by atoms with Gasteiger partial charge >= 0.3 is 21.7 Å². The zero-order valence-corrected chi connectivity index (χ0v) is 8.10. The van der Waals surface area contributed by atoms with Crippen molar-refractivity contribution in [3.05, 3.63) is 6.92 Å². The molecular formula is C6H16O3Ti. The minimum Gasteiger partial charge on any atom is -0.870 e. The summed E-state index contributed by atoms with van der Waals surface area (Å²) in [6.45, 7) is 8.15. The fraction of sp³-hybridized carbons (Fsp3) is 0.833. The Balaban J connectivity index is -0.0000000208. The number of hydrogen-bond donors (Lipinski definition) is 0. The second kappa shape index (κ2) is 22.6. The zero-order valence-electron chi connectivity index (χ0n) is 6.54. The van der Waals surface area contributed by atoms with Crippen LogP contribution in [0.1, 0.15) is 26.7 Å². The van der Waals surface area contributed by atoms with Crippen LogP contribution in [0.2, 0.25) is 0 Å². The molecule has 0 saturated heterocycles. The molecule has 0 aromatic heterocycles. The molecule has 0 aromatic rings. The van der Waals surface area contributed by atoms with E-state index < -0.39 is 0 Å². The SMILES string of the molecule is [CH2-]CCC(C)C.[OH-].[OH-].[OH-].[Ti+4]. The first-order chi connectivity index (χ1) is 2.77. The van der Waals surface area contributed by atoms with Gasteiger partial charge in [0, 0.05) is 0 Å². The topological polar surface area (TPSA) is 90.0 Å². The molecule has 0 aliphatic carbocycles. The van der Waals surface area contributed by atoms with Gasteiger partial charge in [-0.3, -0.25) is 0 Å². The first kappa shape index (κ1) is 31.2. The summed E-state index contributed by atoms with van der Waals surface area (Å²) in [5.74, 6) is 0.836. The molecule has 0 aliphatic heterocycles. The van der Waals surface area contributed by atoms with E-state index in [-0.39, 0.29) is 38.1 Å². The summed E-state index contributed by atoms with van der Waals surface area (Å²) in [5, 5.41) is 0. The van der Waals surface area contributed by atoms with Gasteiger partial charge in [0.05, 0.1) is 0 Å². The Kier molecular flexibility index (Phi) is 70.6. The van der Waals surface area contributed by atoms with Crippen molar-refractivity contribution in [3.63, 3.8) is 0 Å². The summed E-state index contributed by atoms with van der Waals surface area (Å²) in [4.78, 5) is 0. The van der Waals surface area contributed by atoms with Crippen molar-refractivity contribution < 1.29 is 38.1 Å². The molecule has 0 unspecified atom stereocenters. The zero-order chi connectivity index (χ0) is 4.99. The molecule has 0 bridgehead atoms. The summed E-state index contributed by atoms with van der Waals surface area (Å²) < 4.78 is 0. The van der Waals surface area contributed by atoms with E-state index in [2.05, 4.69) is 20.8 Å². The van der Waals surface area contributed by atoms with E-state index in [1.54, 1.807) is 0 Å². The molecule has 0 aromatic carbocycles. The monoisotopic (exact) mass is 184 g/mol. The van der Waals surface area contributed by atoms with Crippen LogP contribution in [0.15, 0.2) is 0 Å². The molecule has 10 heavy (non-hydrogen) atoms. The molecule has 0 atom stereocenters. The predicted octanol–water partition coefficient (Wildman–Crippen LogP) is 1.72. The molecule has 0 amide bonds. The third kappa shape index (κ3) is 38.4. The minimum atomic E-state index is 0. The summed E-state index contributed by atoms with van der Waals surface area (Å²) in [5.41, 5.74) is 0. The Morgan fingerprint density at radius 2 is 1.40 bits per heavy atom. The maximum Gasteiger partial charge on any atom is 4.00 e. The fourth-order valence-corrected chi connectivity index (χ4v) is 0.408. The molecule has 0 heterocycles. The van der Waals surface area contributed by atoms with Crippen molar-refractivity contribution in [2.45, 2.75) is 26.7 Å². The van der Waals surface area contributed by atoms with E-state index in [1.165, 1.54) is 6.42 Å². The Bertz CT molecular complexity index is 34.2. The van der Waals surface area contributed by atoms with Gasteiger partial charge < -0.3 is 23.4 Å². The van der Waals surface area contributed by atoms with E-state index in [0.717, 1.165) is 12.3 Å². The van der Waals surface area contributed by atoms with Crippen LogP contribution in [0.25, 0.3) is 0 Å². The third-order valence-corrected chi connectivity index (χ3v) is 0.781. The van der Waals surface area contributed by atoms with Crippen LogP contribution in [0.4, 0.5) is 0 Å². The molecule has 0 rings (SSSR count). The van der Waals surface area contributed by atoms with Crippen molar-refractivity contribution in [2.75, 3.05) is 0 Å². The molecule has 3 N–H and O–H groups in total. The summed E-state index contributed by atoms with van der Waals surface area (Å²) >= 11 is 0. The van der Waals surface area contributed by atoms with Crippen molar-refractivity contribution >= 4 is 0 Å². The standard InChI is InChI=1S/C6H13.3H2O.Ti/c1-4-5-6(2)3;;;;/h6H,1,4-5H2,2-3H3;3*1H2;/q-1;;;;+4/p-3. The van der Waals surface area contributed by atoms with Crippen LogP contribution in [0.5, 0.6) is 0 Å². The largest absolute Gasteiger partial charge is 4.00 e. The summed E-state index contributed by atoms with van der Waals surface area (Å²) in [7, 11) is 0. The van der Waals surface area contributed by atoms with Crippen LogP contribution in [0, 0.1) is 12.8 Å². The maximum absolute atomic E-state index is 3.73. The van der Waals surface area contributed by atoms with Gasteiger partial charge in [-0.2, -0.15) is 6.42 Å². The van der Waals surface area contributed by atoms with Crippen LogP contribution in [-0.2, 0) is 21.7 Å². The molecule has 0 radical (unpaired) electrons. The average Bonchev–Trinajstić information content (AvgIpc) is 1.35. The van der Waals surface area contributed by atoms with Gasteiger partial charge in [0.1, 0.15) is 0 Å². The first-order valence-corrected chi connectivity index (χ1v) is 2.56. The Labute approximate surface area is 78.0 Å². The minimum absolute atomic E-state index is 0. The second-order valence-electron chi connectivity index (χ2n) is 2.04.